The fourth-order valence-corrected chi connectivity index (χ4v) is 1.96. The van der Waals surface area contributed by atoms with E-state index in [1.807, 2.05) is 19.1 Å². The van der Waals surface area contributed by atoms with Gasteiger partial charge >= 0.3 is 0 Å². The lowest BCUT2D eigenvalue weighted by Gasteiger charge is -2.15. The summed E-state index contributed by atoms with van der Waals surface area (Å²) in [6, 6.07) is 8.56. The summed E-state index contributed by atoms with van der Waals surface area (Å²) in [5.41, 5.74) is 1.06. The summed E-state index contributed by atoms with van der Waals surface area (Å²) in [6.45, 7) is 1.99. The van der Waals surface area contributed by atoms with Gasteiger partial charge in [-0.05, 0) is 30.7 Å². The normalized spacial score (nSPS) is 12.4. The van der Waals surface area contributed by atoms with E-state index in [-0.39, 0.29) is 18.2 Å². The molecule has 1 atom stereocenters. The Kier molecular flexibility index (Phi) is 4.68. The van der Waals surface area contributed by atoms with Crippen molar-refractivity contribution in [2.24, 2.45) is 0 Å². The maximum absolute atomic E-state index is 13.5. The van der Waals surface area contributed by atoms with Crippen LogP contribution in [0, 0.1) is 17.5 Å². The van der Waals surface area contributed by atoms with Crippen molar-refractivity contribution < 1.29 is 13.2 Å². The zero-order valence-corrected chi connectivity index (χ0v) is 11.5. The van der Waals surface area contributed by atoms with E-state index in [1.54, 1.807) is 12.1 Å². The molecule has 0 bridgehead atoms. The molecule has 1 N–H and O–H groups in total. The summed E-state index contributed by atoms with van der Waals surface area (Å²) in [7, 11) is 0. The molecule has 5 heteroatoms. The molecule has 0 aromatic heterocycles. The Morgan fingerprint density at radius 3 is 2.25 bits per heavy atom. The van der Waals surface area contributed by atoms with E-state index in [0.717, 1.165) is 11.6 Å². The Morgan fingerprint density at radius 1 is 1.00 bits per heavy atom. The van der Waals surface area contributed by atoms with Crippen LogP contribution < -0.4 is 5.32 Å². The summed E-state index contributed by atoms with van der Waals surface area (Å²) < 4.78 is 39.4. The van der Waals surface area contributed by atoms with Crippen LogP contribution in [0.3, 0.4) is 0 Å². The monoisotopic (exact) mass is 299 g/mol. The third kappa shape index (κ3) is 3.52. The van der Waals surface area contributed by atoms with Crippen molar-refractivity contribution in [3.63, 3.8) is 0 Å². The number of halogens is 4. The van der Waals surface area contributed by atoms with Gasteiger partial charge in [0.1, 0.15) is 5.82 Å². The molecule has 0 radical (unpaired) electrons. The molecular formula is C15H13ClF3N. The molecule has 1 nitrogen and oxygen atoms in total. The van der Waals surface area contributed by atoms with Gasteiger partial charge in [0.2, 0.25) is 0 Å². The third-order valence-electron chi connectivity index (χ3n) is 3.06. The van der Waals surface area contributed by atoms with E-state index < -0.39 is 17.5 Å². The standard InChI is InChI=1S/C15H13ClF3N/c1-9(10-2-4-12(16)5-3-10)20-8-11-6-14(18)15(19)7-13(11)17/h2-7,9,20H,8H2,1H3. The van der Waals surface area contributed by atoms with Crippen molar-refractivity contribution in [2.75, 3.05) is 0 Å². The lowest BCUT2D eigenvalue weighted by Crippen LogP contribution is -2.19. The lowest BCUT2D eigenvalue weighted by atomic mass is 10.1. The molecule has 0 aliphatic carbocycles. The highest BCUT2D eigenvalue weighted by molar-refractivity contribution is 6.30. The Labute approximate surface area is 120 Å². The Bertz CT molecular complexity index is 599. The average molecular weight is 300 g/mol. The molecule has 2 aromatic rings. The minimum absolute atomic E-state index is 0.0696. The van der Waals surface area contributed by atoms with Crippen molar-refractivity contribution >= 4 is 11.6 Å². The van der Waals surface area contributed by atoms with E-state index in [0.29, 0.717) is 11.1 Å². The van der Waals surface area contributed by atoms with E-state index >= 15 is 0 Å². The van der Waals surface area contributed by atoms with Crippen molar-refractivity contribution in [2.45, 2.75) is 19.5 Å². The van der Waals surface area contributed by atoms with Gasteiger partial charge in [-0.3, -0.25) is 0 Å². The molecule has 20 heavy (non-hydrogen) atoms. The summed E-state index contributed by atoms with van der Waals surface area (Å²) in [4.78, 5) is 0. The SMILES string of the molecule is CC(NCc1cc(F)c(F)cc1F)c1ccc(Cl)cc1. The van der Waals surface area contributed by atoms with E-state index in [9.17, 15) is 13.2 Å². The molecule has 0 amide bonds. The van der Waals surface area contributed by atoms with Crippen LogP contribution in [0.1, 0.15) is 24.1 Å². The predicted molar refractivity (Wildman–Crippen MR) is 73.0 cm³/mol. The minimum atomic E-state index is -1.18. The number of benzene rings is 2. The summed E-state index contributed by atoms with van der Waals surface area (Å²) in [5.74, 6) is -3.00. The first-order valence-electron chi connectivity index (χ1n) is 6.09. The maximum atomic E-state index is 13.5. The molecule has 106 valence electrons. The predicted octanol–water partition coefficient (Wildman–Crippen LogP) is 4.61. The van der Waals surface area contributed by atoms with Gasteiger partial charge in [0.25, 0.3) is 0 Å². The van der Waals surface area contributed by atoms with Crippen LogP contribution in [0.25, 0.3) is 0 Å². The van der Waals surface area contributed by atoms with Gasteiger partial charge in [-0.2, -0.15) is 0 Å². The first-order valence-corrected chi connectivity index (χ1v) is 6.47. The summed E-state index contributed by atoms with van der Waals surface area (Å²) in [6.07, 6.45) is 0. The summed E-state index contributed by atoms with van der Waals surface area (Å²) in [5, 5.41) is 3.68. The zero-order valence-electron chi connectivity index (χ0n) is 10.8. The fourth-order valence-electron chi connectivity index (χ4n) is 1.83. The molecule has 0 spiro atoms. The zero-order chi connectivity index (χ0) is 14.7. The second-order valence-corrected chi connectivity index (χ2v) is 4.95. The summed E-state index contributed by atoms with van der Waals surface area (Å²) >= 11 is 5.80. The number of hydrogen-bond acceptors (Lipinski definition) is 1. The second kappa shape index (κ2) is 6.29. The van der Waals surface area contributed by atoms with E-state index in [1.165, 1.54) is 0 Å². The molecule has 0 saturated carbocycles. The molecule has 0 heterocycles. The maximum Gasteiger partial charge on any atom is 0.161 e. The van der Waals surface area contributed by atoms with Crippen LogP contribution in [-0.2, 0) is 6.54 Å². The van der Waals surface area contributed by atoms with E-state index in [2.05, 4.69) is 5.32 Å². The van der Waals surface area contributed by atoms with Gasteiger partial charge < -0.3 is 5.32 Å². The molecule has 2 rings (SSSR count). The van der Waals surface area contributed by atoms with Crippen LogP contribution in [0.2, 0.25) is 5.02 Å². The highest BCUT2D eigenvalue weighted by atomic mass is 35.5. The van der Waals surface area contributed by atoms with Gasteiger partial charge in [-0.15, -0.1) is 0 Å². The molecule has 0 aliphatic rings. The van der Waals surface area contributed by atoms with Gasteiger partial charge in [0.05, 0.1) is 0 Å². The average Bonchev–Trinajstić information content (AvgIpc) is 2.42. The number of rotatable bonds is 4. The Morgan fingerprint density at radius 2 is 1.60 bits per heavy atom. The molecule has 1 unspecified atom stereocenters. The van der Waals surface area contributed by atoms with Crippen LogP contribution in [0.4, 0.5) is 13.2 Å². The molecule has 0 aliphatic heterocycles. The number of hydrogen-bond donors (Lipinski definition) is 1. The highest BCUT2D eigenvalue weighted by Gasteiger charge is 2.11. The molecule has 2 aromatic carbocycles. The van der Waals surface area contributed by atoms with Crippen molar-refractivity contribution in [1.82, 2.24) is 5.32 Å². The quantitative estimate of drug-likeness (QED) is 0.813. The fraction of sp³-hybridized carbons (Fsp3) is 0.200. The van der Waals surface area contributed by atoms with Crippen molar-refractivity contribution in [3.8, 4) is 0 Å². The van der Waals surface area contributed by atoms with Gasteiger partial charge in [0, 0.05) is 29.2 Å². The van der Waals surface area contributed by atoms with Crippen molar-refractivity contribution in [3.05, 3.63) is 70.0 Å². The Hall–Kier alpha value is -1.52. The van der Waals surface area contributed by atoms with Crippen LogP contribution in [0.15, 0.2) is 36.4 Å². The van der Waals surface area contributed by atoms with Crippen LogP contribution >= 0.6 is 11.6 Å². The van der Waals surface area contributed by atoms with Crippen LogP contribution in [-0.4, -0.2) is 0 Å². The smallest absolute Gasteiger partial charge is 0.161 e. The minimum Gasteiger partial charge on any atom is -0.306 e. The number of nitrogens with one attached hydrogen (secondary N) is 1. The molecule has 0 fully saturated rings. The van der Waals surface area contributed by atoms with Crippen molar-refractivity contribution in [1.29, 1.82) is 0 Å². The Balaban J connectivity index is 2.05. The van der Waals surface area contributed by atoms with Crippen LogP contribution in [0.5, 0.6) is 0 Å². The topological polar surface area (TPSA) is 12.0 Å². The first kappa shape index (κ1) is 14.9. The van der Waals surface area contributed by atoms with E-state index in [4.69, 9.17) is 11.6 Å². The lowest BCUT2D eigenvalue weighted by molar-refractivity contribution is 0.482. The molecular weight excluding hydrogens is 287 g/mol. The highest BCUT2D eigenvalue weighted by Crippen LogP contribution is 2.18. The van der Waals surface area contributed by atoms with Gasteiger partial charge in [0.15, 0.2) is 11.6 Å². The van der Waals surface area contributed by atoms with Gasteiger partial charge in [-0.25, -0.2) is 13.2 Å². The second-order valence-electron chi connectivity index (χ2n) is 4.51. The van der Waals surface area contributed by atoms with Gasteiger partial charge in [-0.1, -0.05) is 23.7 Å². The first-order chi connectivity index (χ1) is 9.47. The largest absolute Gasteiger partial charge is 0.306 e. The third-order valence-corrected chi connectivity index (χ3v) is 3.31. The molecule has 0 saturated heterocycles.